The Balaban J connectivity index is 2.89. The molecular weight excluding hydrogens is 318 g/mol. The normalized spacial score (nSPS) is 11.9. The summed E-state index contributed by atoms with van der Waals surface area (Å²) in [5, 5.41) is 3.54. The summed E-state index contributed by atoms with van der Waals surface area (Å²) in [5.41, 5.74) is 0. The first-order valence-electron chi connectivity index (χ1n) is 8.05. The molecule has 0 saturated heterocycles. The number of carbonyl (C=O) groups is 1. The summed E-state index contributed by atoms with van der Waals surface area (Å²) in [6, 6.07) is -0.355. The van der Waals surface area contributed by atoms with Crippen LogP contribution in [0.15, 0.2) is 11.5 Å². The van der Waals surface area contributed by atoms with Crippen molar-refractivity contribution in [3.05, 3.63) is 6.33 Å². The van der Waals surface area contributed by atoms with Gasteiger partial charge in [0.05, 0.1) is 0 Å². The predicted molar refractivity (Wildman–Crippen MR) is 87.7 cm³/mol. The molecule has 0 unspecified atom stereocenters. The Kier molecular flexibility index (Phi) is 7.63. The van der Waals surface area contributed by atoms with Crippen molar-refractivity contribution >= 4 is 16.1 Å². The number of nitrogens with zero attached hydrogens (tertiary/aromatic N) is 5. The molecule has 0 aliphatic heterocycles. The van der Waals surface area contributed by atoms with E-state index in [0.29, 0.717) is 19.6 Å². The number of carbonyl (C=O) groups excluding carboxylic acids is 1. The number of rotatable bonds is 9. The van der Waals surface area contributed by atoms with Gasteiger partial charge in [0, 0.05) is 26.7 Å². The molecule has 0 aromatic carbocycles. The molecule has 1 aromatic rings. The number of unbranched alkanes of at least 4 members (excludes halogenated alkanes) is 2. The lowest BCUT2D eigenvalue weighted by atomic mass is 10.3. The van der Waals surface area contributed by atoms with E-state index in [9.17, 15) is 13.2 Å². The summed E-state index contributed by atoms with van der Waals surface area (Å²) in [7, 11) is -2.26. The second-order valence-corrected chi connectivity index (χ2v) is 7.31. The van der Waals surface area contributed by atoms with Crippen LogP contribution in [0.3, 0.4) is 0 Å². The Morgan fingerprint density at radius 2 is 1.78 bits per heavy atom. The van der Waals surface area contributed by atoms with Crippen molar-refractivity contribution in [2.75, 3.05) is 26.7 Å². The Bertz CT molecular complexity index is 599. The average Bonchev–Trinajstić information content (AvgIpc) is 3.03. The lowest BCUT2D eigenvalue weighted by molar-refractivity contribution is 0.197. The van der Waals surface area contributed by atoms with Gasteiger partial charge in [0.2, 0.25) is 0 Å². The summed E-state index contributed by atoms with van der Waals surface area (Å²) in [6.45, 7) is 7.47. The second-order valence-electron chi connectivity index (χ2n) is 5.37. The van der Waals surface area contributed by atoms with Crippen molar-refractivity contribution in [3.63, 3.8) is 0 Å². The molecule has 23 heavy (non-hydrogen) atoms. The second kappa shape index (κ2) is 8.97. The first-order chi connectivity index (χ1) is 10.9. The topological polar surface area (TPSA) is 88.4 Å². The molecule has 8 nitrogen and oxygen atoms in total. The van der Waals surface area contributed by atoms with Gasteiger partial charge in [0.15, 0.2) is 0 Å². The van der Waals surface area contributed by atoms with Crippen LogP contribution in [-0.4, -0.2) is 65.1 Å². The number of sulfonamides is 1. The van der Waals surface area contributed by atoms with Crippen molar-refractivity contribution in [2.24, 2.45) is 0 Å². The van der Waals surface area contributed by atoms with Crippen molar-refractivity contribution in [3.8, 4) is 0 Å². The van der Waals surface area contributed by atoms with Crippen LogP contribution in [0.1, 0.15) is 46.5 Å². The van der Waals surface area contributed by atoms with Crippen LogP contribution in [0, 0.1) is 0 Å². The minimum atomic E-state index is -3.75. The van der Waals surface area contributed by atoms with Gasteiger partial charge >= 0.3 is 6.03 Å². The molecule has 0 aliphatic carbocycles. The Labute approximate surface area is 138 Å². The SMILES string of the molecule is CCCCN(CC)C(=O)n1cnc(S(=O)(=O)N(C)CCCC)n1. The van der Waals surface area contributed by atoms with E-state index in [1.807, 2.05) is 20.8 Å². The Morgan fingerprint density at radius 3 is 2.35 bits per heavy atom. The average molecular weight is 345 g/mol. The molecule has 0 N–H and O–H groups in total. The van der Waals surface area contributed by atoms with E-state index < -0.39 is 10.0 Å². The number of aromatic nitrogens is 3. The van der Waals surface area contributed by atoms with Gasteiger partial charge in [0.1, 0.15) is 6.33 Å². The summed E-state index contributed by atoms with van der Waals surface area (Å²) in [6.07, 6.45) is 4.68. The van der Waals surface area contributed by atoms with Crippen molar-refractivity contribution in [1.29, 1.82) is 0 Å². The first-order valence-corrected chi connectivity index (χ1v) is 9.49. The summed E-state index contributed by atoms with van der Waals surface area (Å²) in [5.74, 6) is 0. The molecule has 0 radical (unpaired) electrons. The monoisotopic (exact) mass is 345 g/mol. The maximum absolute atomic E-state index is 12.3. The lowest BCUT2D eigenvalue weighted by Gasteiger charge is -2.19. The molecule has 0 saturated carbocycles. The number of hydrogen-bond acceptors (Lipinski definition) is 5. The van der Waals surface area contributed by atoms with Gasteiger partial charge in [-0.05, 0) is 19.8 Å². The molecule has 9 heteroatoms. The third kappa shape index (κ3) is 5.00. The fourth-order valence-electron chi connectivity index (χ4n) is 1.98. The third-order valence-electron chi connectivity index (χ3n) is 3.57. The molecule has 0 spiro atoms. The van der Waals surface area contributed by atoms with Crippen molar-refractivity contribution in [1.82, 2.24) is 24.0 Å². The van der Waals surface area contributed by atoms with E-state index in [0.717, 1.165) is 36.7 Å². The highest BCUT2D eigenvalue weighted by atomic mass is 32.2. The van der Waals surface area contributed by atoms with E-state index in [1.165, 1.54) is 11.4 Å². The molecule has 1 rings (SSSR count). The molecular formula is C14H27N5O3S. The summed E-state index contributed by atoms with van der Waals surface area (Å²) < 4.78 is 26.9. The van der Waals surface area contributed by atoms with Crippen LogP contribution < -0.4 is 0 Å². The van der Waals surface area contributed by atoms with Crippen LogP contribution in [0.5, 0.6) is 0 Å². The van der Waals surface area contributed by atoms with E-state index in [4.69, 9.17) is 0 Å². The van der Waals surface area contributed by atoms with Crippen LogP contribution in [0.4, 0.5) is 4.79 Å². The Morgan fingerprint density at radius 1 is 1.17 bits per heavy atom. The van der Waals surface area contributed by atoms with Crippen molar-refractivity contribution in [2.45, 2.75) is 51.6 Å². The maximum Gasteiger partial charge on any atom is 0.346 e. The smallest absolute Gasteiger partial charge is 0.323 e. The highest BCUT2D eigenvalue weighted by molar-refractivity contribution is 7.88. The van der Waals surface area contributed by atoms with Gasteiger partial charge in [-0.25, -0.2) is 18.2 Å². The molecule has 1 heterocycles. The van der Waals surface area contributed by atoms with Crippen LogP contribution in [0.2, 0.25) is 0 Å². The van der Waals surface area contributed by atoms with Gasteiger partial charge < -0.3 is 4.90 Å². The molecule has 0 fully saturated rings. The zero-order valence-electron chi connectivity index (χ0n) is 14.4. The standard InChI is InChI=1S/C14H27N5O3S/c1-5-8-10-17(4)23(21,22)13-15-12-19(16-13)14(20)18(7-3)11-9-6-2/h12H,5-11H2,1-4H3. The molecule has 132 valence electrons. The van der Waals surface area contributed by atoms with Gasteiger partial charge in [-0.2, -0.15) is 8.99 Å². The molecule has 0 bridgehead atoms. The van der Waals surface area contributed by atoms with Gasteiger partial charge in [0.25, 0.3) is 15.2 Å². The first kappa shape index (κ1) is 19.6. The zero-order chi connectivity index (χ0) is 17.5. The van der Waals surface area contributed by atoms with Crippen LogP contribution >= 0.6 is 0 Å². The minimum Gasteiger partial charge on any atom is -0.323 e. The van der Waals surface area contributed by atoms with E-state index >= 15 is 0 Å². The van der Waals surface area contributed by atoms with Gasteiger partial charge in [-0.15, -0.1) is 5.10 Å². The highest BCUT2D eigenvalue weighted by Crippen LogP contribution is 2.10. The fourth-order valence-corrected chi connectivity index (χ4v) is 3.00. The van der Waals surface area contributed by atoms with E-state index in [-0.39, 0.29) is 11.2 Å². The van der Waals surface area contributed by atoms with Crippen LogP contribution in [0.25, 0.3) is 0 Å². The third-order valence-corrected chi connectivity index (χ3v) is 5.22. The van der Waals surface area contributed by atoms with Gasteiger partial charge in [-0.1, -0.05) is 26.7 Å². The minimum absolute atomic E-state index is 0.337. The van der Waals surface area contributed by atoms with E-state index in [2.05, 4.69) is 10.1 Å². The summed E-state index contributed by atoms with van der Waals surface area (Å²) in [4.78, 5) is 17.8. The molecule has 1 amide bonds. The quantitative estimate of drug-likeness (QED) is 0.681. The number of hydrogen-bond donors (Lipinski definition) is 0. The Hall–Kier alpha value is -1.48. The largest absolute Gasteiger partial charge is 0.346 e. The number of amides is 1. The van der Waals surface area contributed by atoms with E-state index in [1.54, 1.807) is 4.90 Å². The zero-order valence-corrected chi connectivity index (χ0v) is 15.2. The fraction of sp³-hybridized carbons (Fsp3) is 0.786. The molecule has 0 atom stereocenters. The molecule has 0 aliphatic rings. The van der Waals surface area contributed by atoms with Crippen molar-refractivity contribution < 1.29 is 13.2 Å². The van der Waals surface area contributed by atoms with Gasteiger partial charge in [-0.3, -0.25) is 0 Å². The molecule has 1 aromatic heterocycles. The summed E-state index contributed by atoms with van der Waals surface area (Å²) >= 11 is 0. The maximum atomic E-state index is 12.3. The van der Waals surface area contributed by atoms with Crippen LogP contribution in [-0.2, 0) is 10.0 Å². The predicted octanol–water partition coefficient (Wildman–Crippen LogP) is 1.79. The lowest BCUT2D eigenvalue weighted by Crippen LogP contribution is -2.36. The highest BCUT2D eigenvalue weighted by Gasteiger charge is 2.26.